The smallest absolute Gasteiger partial charge is 0.352 e. The molecule has 25 heavy (non-hydrogen) atoms. The standard InChI is InChI=1S/C17H11FN2O5/c18-12-3-1-10(2-4-12)16(21)9-19-14-6-5-13(20(24)25)7-11(14)8-15(19)17(22)23/h1-8H,9H2,(H,22,23). The average molecular weight is 342 g/mol. The summed E-state index contributed by atoms with van der Waals surface area (Å²) in [6, 6.07) is 10.1. The van der Waals surface area contributed by atoms with E-state index in [4.69, 9.17) is 0 Å². The van der Waals surface area contributed by atoms with E-state index in [0.29, 0.717) is 10.9 Å². The highest BCUT2D eigenvalue weighted by molar-refractivity contribution is 6.00. The molecule has 0 bridgehead atoms. The zero-order chi connectivity index (χ0) is 18.1. The lowest BCUT2D eigenvalue weighted by Crippen LogP contribution is -2.15. The maximum Gasteiger partial charge on any atom is 0.352 e. The largest absolute Gasteiger partial charge is 0.477 e. The van der Waals surface area contributed by atoms with E-state index in [1.807, 2.05) is 0 Å². The highest BCUT2D eigenvalue weighted by Crippen LogP contribution is 2.25. The Labute approximate surface area is 140 Å². The Morgan fingerprint density at radius 3 is 2.40 bits per heavy atom. The number of benzene rings is 2. The predicted octanol–water partition coefficient (Wildman–Crippen LogP) is 3.27. The number of carboxylic acids is 1. The lowest BCUT2D eigenvalue weighted by molar-refractivity contribution is -0.384. The van der Waals surface area contributed by atoms with Crippen molar-refractivity contribution in [3.8, 4) is 0 Å². The maximum absolute atomic E-state index is 13.0. The first-order chi connectivity index (χ1) is 11.9. The van der Waals surface area contributed by atoms with Crippen molar-refractivity contribution >= 4 is 28.3 Å². The highest BCUT2D eigenvalue weighted by atomic mass is 19.1. The van der Waals surface area contributed by atoms with Crippen LogP contribution in [0.4, 0.5) is 10.1 Å². The van der Waals surface area contributed by atoms with Crippen LogP contribution in [0.15, 0.2) is 48.5 Å². The minimum atomic E-state index is -1.26. The summed E-state index contributed by atoms with van der Waals surface area (Å²) in [4.78, 5) is 34.1. The second-order valence-corrected chi connectivity index (χ2v) is 5.35. The number of nitro benzene ring substituents is 1. The Balaban J connectivity index is 2.05. The van der Waals surface area contributed by atoms with Gasteiger partial charge in [0.05, 0.1) is 11.5 Å². The third-order valence-electron chi connectivity index (χ3n) is 3.78. The summed E-state index contributed by atoms with van der Waals surface area (Å²) >= 11 is 0. The summed E-state index contributed by atoms with van der Waals surface area (Å²) in [6.45, 7) is -0.283. The molecule has 3 aromatic rings. The molecule has 1 N–H and O–H groups in total. The van der Waals surface area contributed by atoms with Crippen LogP contribution in [0.2, 0.25) is 0 Å². The molecular weight excluding hydrogens is 331 g/mol. The summed E-state index contributed by atoms with van der Waals surface area (Å²) in [5, 5.41) is 20.6. The minimum Gasteiger partial charge on any atom is -0.477 e. The highest BCUT2D eigenvalue weighted by Gasteiger charge is 2.19. The molecule has 0 saturated carbocycles. The Hall–Kier alpha value is -3.55. The molecule has 0 atom stereocenters. The van der Waals surface area contributed by atoms with Crippen molar-refractivity contribution < 1.29 is 24.0 Å². The van der Waals surface area contributed by atoms with Gasteiger partial charge in [0.1, 0.15) is 11.5 Å². The van der Waals surface area contributed by atoms with Crippen LogP contribution in [0.3, 0.4) is 0 Å². The summed E-state index contributed by atoms with van der Waals surface area (Å²) < 4.78 is 14.2. The topological polar surface area (TPSA) is 102 Å². The minimum absolute atomic E-state index is 0.161. The number of rotatable bonds is 5. The van der Waals surface area contributed by atoms with Crippen molar-refractivity contribution in [2.45, 2.75) is 6.54 Å². The Morgan fingerprint density at radius 1 is 1.12 bits per heavy atom. The molecule has 0 aliphatic heterocycles. The van der Waals surface area contributed by atoms with Crippen LogP contribution in [0.25, 0.3) is 10.9 Å². The van der Waals surface area contributed by atoms with E-state index in [-0.39, 0.29) is 23.5 Å². The molecule has 0 saturated heterocycles. The van der Waals surface area contributed by atoms with Gasteiger partial charge in [-0.05, 0) is 36.4 Å². The monoisotopic (exact) mass is 342 g/mol. The molecule has 1 heterocycles. The summed E-state index contributed by atoms with van der Waals surface area (Å²) in [5.41, 5.74) is 0.289. The number of hydrogen-bond acceptors (Lipinski definition) is 4. The fourth-order valence-corrected chi connectivity index (χ4v) is 2.59. The average Bonchev–Trinajstić information content (AvgIpc) is 2.93. The quantitative estimate of drug-likeness (QED) is 0.435. The number of aromatic nitrogens is 1. The number of carbonyl (C=O) groups is 2. The maximum atomic E-state index is 13.0. The van der Waals surface area contributed by atoms with Crippen molar-refractivity contribution in [3.63, 3.8) is 0 Å². The Morgan fingerprint density at radius 2 is 1.80 bits per heavy atom. The van der Waals surface area contributed by atoms with Crippen molar-refractivity contribution in [1.29, 1.82) is 0 Å². The number of hydrogen-bond donors (Lipinski definition) is 1. The van der Waals surface area contributed by atoms with Crippen LogP contribution in [-0.4, -0.2) is 26.3 Å². The first kappa shape index (κ1) is 16.3. The van der Waals surface area contributed by atoms with Crippen molar-refractivity contribution in [2.75, 3.05) is 0 Å². The van der Waals surface area contributed by atoms with Gasteiger partial charge in [0.25, 0.3) is 5.69 Å². The second kappa shape index (κ2) is 6.16. The van der Waals surface area contributed by atoms with E-state index < -0.39 is 22.5 Å². The lowest BCUT2D eigenvalue weighted by atomic mass is 10.1. The summed E-state index contributed by atoms with van der Waals surface area (Å²) in [6.07, 6.45) is 0. The van der Waals surface area contributed by atoms with Gasteiger partial charge in [0, 0.05) is 28.6 Å². The summed E-state index contributed by atoms with van der Waals surface area (Å²) in [7, 11) is 0. The molecule has 7 nitrogen and oxygen atoms in total. The van der Waals surface area contributed by atoms with Gasteiger partial charge in [0.15, 0.2) is 5.78 Å². The fourth-order valence-electron chi connectivity index (χ4n) is 2.59. The normalized spacial score (nSPS) is 10.8. The number of nitro groups is 1. The number of ketones is 1. The number of fused-ring (bicyclic) bond motifs is 1. The predicted molar refractivity (Wildman–Crippen MR) is 86.3 cm³/mol. The van der Waals surface area contributed by atoms with Gasteiger partial charge in [-0.25, -0.2) is 9.18 Å². The second-order valence-electron chi connectivity index (χ2n) is 5.35. The fraction of sp³-hybridized carbons (Fsp3) is 0.0588. The molecule has 0 amide bonds. The molecule has 126 valence electrons. The van der Waals surface area contributed by atoms with Gasteiger partial charge in [-0.15, -0.1) is 0 Å². The van der Waals surface area contributed by atoms with E-state index >= 15 is 0 Å². The Bertz CT molecular complexity index is 1010. The van der Waals surface area contributed by atoms with Crippen LogP contribution in [-0.2, 0) is 6.54 Å². The molecule has 1 aromatic heterocycles. The van der Waals surface area contributed by atoms with Crippen molar-refractivity contribution in [1.82, 2.24) is 4.57 Å². The SMILES string of the molecule is O=C(Cn1c(C(=O)O)cc2cc([N+](=O)[O-])ccc21)c1ccc(F)cc1. The molecule has 0 radical (unpaired) electrons. The number of Topliss-reactive ketones (excluding diaryl/α,β-unsaturated/α-hetero) is 1. The molecule has 0 fully saturated rings. The van der Waals surface area contributed by atoms with Crippen LogP contribution in [0.1, 0.15) is 20.8 Å². The van der Waals surface area contributed by atoms with Gasteiger partial charge in [0.2, 0.25) is 0 Å². The third-order valence-corrected chi connectivity index (χ3v) is 3.78. The summed E-state index contributed by atoms with van der Waals surface area (Å²) in [5.74, 6) is -2.15. The van der Waals surface area contributed by atoms with Crippen molar-refractivity contribution in [2.24, 2.45) is 0 Å². The number of non-ortho nitro benzene ring substituents is 1. The number of aromatic carboxylic acids is 1. The molecule has 2 aromatic carbocycles. The van der Waals surface area contributed by atoms with E-state index in [1.165, 1.54) is 41.0 Å². The first-order valence-corrected chi connectivity index (χ1v) is 7.16. The van der Waals surface area contributed by atoms with Crippen LogP contribution >= 0.6 is 0 Å². The number of carbonyl (C=O) groups excluding carboxylic acids is 1. The van der Waals surface area contributed by atoms with E-state index in [2.05, 4.69) is 0 Å². The molecule has 3 rings (SSSR count). The zero-order valence-corrected chi connectivity index (χ0v) is 12.7. The molecule has 0 spiro atoms. The Kier molecular flexibility index (Phi) is 4.02. The van der Waals surface area contributed by atoms with Crippen LogP contribution < -0.4 is 0 Å². The van der Waals surface area contributed by atoms with Crippen LogP contribution in [0, 0.1) is 15.9 Å². The first-order valence-electron chi connectivity index (χ1n) is 7.16. The van der Waals surface area contributed by atoms with Gasteiger partial charge in [-0.1, -0.05) is 0 Å². The van der Waals surface area contributed by atoms with Gasteiger partial charge in [-0.3, -0.25) is 14.9 Å². The molecule has 0 aliphatic rings. The van der Waals surface area contributed by atoms with E-state index in [1.54, 1.807) is 0 Å². The third kappa shape index (κ3) is 3.09. The molecular formula is C17H11FN2O5. The zero-order valence-electron chi connectivity index (χ0n) is 12.7. The number of nitrogens with zero attached hydrogens (tertiary/aromatic N) is 2. The lowest BCUT2D eigenvalue weighted by Gasteiger charge is -2.08. The van der Waals surface area contributed by atoms with Gasteiger partial charge in [-0.2, -0.15) is 0 Å². The molecule has 0 aliphatic carbocycles. The van der Waals surface area contributed by atoms with Gasteiger partial charge >= 0.3 is 5.97 Å². The molecule has 8 heteroatoms. The van der Waals surface area contributed by atoms with Crippen molar-refractivity contribution in [3.05, 3.63) is 75.7 Å². The number of halogens is 1. The van der Waals surface area contributed by atoms with Crippen LogP contribution in [0.5, 0.6) is 0 Å². The van der Waals surface area contributed by atoms with E-state index in [9.17, 15) is 29.2 Å². The van der Waals surface area contributed by atoms with Gasteiger partial charge < -0.3 is 9.67 Å². The van der Waals surface area contributed by atoms with E-state index in [0.717, 1.165) is 12.1 Å². The number of carboxylic acid groups (broad SMARTS) is 1. The molecule has 0 unspecified atom stereocenters.